The normalized spacial score (nSPS) is 20.2. The molecular weight excluding hydrogens is 247 g/mol. The smallest absolute Gasteiger partial charge is 0.143 e. The van der Waals surface area contributed by atoms with E-state index in [1.807, 2.05) is 0 Å². The van der Waals surface area contributed by atoms with Crippen molar-refractivity contribution in [1.29, 1.82) is 0 Å². The van der Waals surface area contributed by atoms with Crippen molar-refractivity contribution in [3.8, 4) is 0 Å². The third-order valence-electron chi connectivity index (χ3n) is 2.50. The molecule has 0 saturated carbocycles. The van der Waals surface area contributed by atoms with Crippen LogP contribution in [-0.2, 0) is 9.47 Å². The highest BCUT2D eigenvalue weighted by Crippen LogP contribution is 2.26. The summed E-state index contributed by atoms with van der Waals surface area (Å²) < 4.78 is 23.8. The van der Waals surface area contributed by atoms with Crippen LogP contribution in [-0.4, -0.2) is 32.5 Å². The van der Waals surface area contributed by atoms with Gasteiger partial charge in [-0.05, 0) is 6.07 Å². The van der Waals surface area contributed by atoms with Gasteiger partial charge in [0.1, 0.15) is 5.82 Å². The van der Waals surface area contributed by atoms with E-state index in [0.717, 1.165) is 0 Å². The molecule has 0 amide bonds. The number of ether oxygens (including phenoxy) is 2. The van der Waals surface area contributed by atoms with Crippen LogP contribution in [0.15, 0.2) is 12.1 Å². The van der Waals surface area contributed by atoms with Crippen molar-refractivity contribution in [2.75, 3.05) is 37.4 Å². The van der Waals surface area contributed by atoms with E-state index in [4.69, 9.17) is 26.8 Å². The summed E-state index contributed by atoms with van der Waals surface area (Å²) in [5.41, 5.74) is 6.60. The minimum absolute atomic E-state index is 0.0213. The van der Waals surface area contributed by atoms with Crippen LogP contribution in [0.5, 0.6) is 0 Å². The highest BCUT2D eigenvalue weighted by atomic mass is 35.5. The molecule has 0 radical (unpaired) electrons. The van der Waals surface area contributed by atoms with Crippen molar-refractivity contribution in [2.45, 2.75) is 6.10 Å². The largest absolute Gasteiger partial charge is 0.397 e. The van der Waals surface area contributed by atoms with E-state index in [9.17, 15) is 4.39 Å². The van der Waals surface area contributed by atoms with Crippen molar-refractivity contribution in [2.24, 2.45) is 0 Å². The van der Waals surface area contributed by atoms with Gasteiger partial charge in [0.05, 0.1) is 42.3 Å². The molecule has 1 aromatic carbocycles. The number of hydrogen-bond donors (Lipinski definition) is 2. The maximum atomic E-state index is 13.1. The summed E-state index contributed by atoms with van der Waals surface area (Å²) in [6.45, 7) is 2.31. The van der Waals surface area contributed by atoms with Gasteiger partial charge in [0.2, 0.25) is 0 Å². The Morgan fingerprint density at radius 3 is 3.00 bits per heavy atom. The predicted octanol–water partition coefficient (Wildman–Crippen LogP) is 1.89. The highest BCUT2D eigenvalue weighted by molar-refractivity contribution is 6.31. The lowest BCUT2D eigenvalue weighted by molar-refractivity contribution is -0.0818. The first-order valence-corrected chi connectivity index (χ1v) is 5.72. The number of anilines is 2. The molecule has 0 aliphatic carbocycles. The maximum Gasteiger partial charge on any atom is 0.143 e. The number of hydrogen-bond acceptors (Lipinski definition) is 4. The fourth-order valence-corrected chi connectivity index (χ4v) is 1.76. The molecule has 1 heterocycles. The SMILES string of the molecule is Nc1cc(F)c(Cl)cc1NCC1COCCO1. The van der Waals surface area contributed by atoms with E-state index in [1.165, 1.54) is 12.1 Å². The molecule has 1 saturated heterocycles. The first kappa shape index (κ1) is 12.4. The summed E-state index contributed by atoms with van der Waals surface area (Å²) in [6, 6.07) is 2.67. The summed E-state index contributed by atoms with van der Waals surface area (Å²) in [4.78, 5) is 0. The third kappa shape index (κ3) is 3.21. The zero-order valence-electron chi connectivity index (χ0n) is 9.21. The molecule has 3 N–H and O–H groups in total. The van der Waals surface area contributed by atoms with E-state index < -0.39 is 5.82 Å². The van der Waals surface area contributed by atoms with Gasteiger partial charge in [0, 0.05) is 12.6 Å². The van der Waals surface area contributed by atoms with Crippen LogP contribution in [0, 0.1) is 5.82 Å². The third-order valence-corrected chi connectivity index (χ3v) is 2.79. The van der Waals surface area contributed by atoms with Crippen LogP contribution in [0.2, 0.25) is 5.02 Å². The Kier molecular flexibility index (Phi) is 4.04. The summed E-state index contributed by atoms with van der Waals surface area (Å²) in [7, 11) is 0. The number of rotatable bonds is 3. The minimum atomic E-state index is -0.521. The number of nitrogen functional groups attached to an aromatic ring is 1. The van der Waals surface area contributed by atoms with Gasteiger partial charge in [-0.1, -0.05) is 11.6 Å². The summed E-state index contributed by atoms with van der Waals surface area (Å²) in [6.07, 6.45) is -0.0213. The van der Waals surface area contributed by atoms with Crippen molar-refractivity contribution < 1.29 is 13.9 Å². The van der Waals surface area contributed by atoms with E-state index in [-0.39, 0.29) is 11.1 Å². The van der Waals surface area contributed by atoms with Crippen LogP contribution in [0.3, 0.4) is 0 Å². The summed E-state index contributed by atoms with van der Waals surface area (Å²) in [5, 5.41) is 3.11. The van der Waals surface area contributed by atoms with E-state index in [1.54, 1.807) is 0 Å². The van der Waals surface area contributed by atoms with Gasteiger partial charge in [-0.2, -0.15) is 0 Å². The van der Waals surface area contributed by atoms with Crippen molar-refractivity contribution in [1.82, 2.24) is 0 Å². The van der Waals surface area contributed by atoms with Gasteiger partial charge in [0.15, 0.2) is 0 Å². The molecule has 4 nitrogen and oxygen atoms in total. The first-order chi connectivity index (χ1) is 8.16. The Balaban J connectivity index is 1.96. The van der Waals surface area contributed by atoms with Crippen molar-refractivity contribution in [3.63, 3.8) is 0 Å². The average Bonchev–Trinajstić information content (AvgIpc) is 2.33. The van der Waals surface area contributed by atoms with Crippen molar-refractivity contribution in [3.05, 3.63) is 23.0 Å². The van der Waals surface area contributed by atoms with Crippen LogP contribution < -0.4 is 11.1 Å². The molecule has 1 aliphatic heterocycles. The van der Waals surface area contributed by atoms with Crippen LogP contribution in [0.4, 0.5) is 15.8 Å². The molecule has 1 aromatic rings. The number of benzene rings is 1. The molecule has 1 atom stereocenters. The van der Waals surface area contributed by atoms with Crippen LogP contribution in [0.25, 0.3) is 0 Å². The van der Waals surface area contributed by atoms with Crippen LogP contribution >= 0.6 is 11.6 Å². The molecule has 0 aromatic heterocycles. The monoisotopic (exact) mass is 260 g/mol. The summed E-state index contributed by atoms with van der Waals surface area (Å²) in [5.74, 6) is -0.521. The molecule has 17 heavy (non-hydrogen) atoms. The van der Waals surface area contributed by atoms with E-state index in [0.29, 0.717) is 37.7 Å². The fraction of sp³-hybridized carbons (Fsp3) is 0.455. The van der Waals surface area contributed by atoms with E-state index >= 15 is 0 Å². The minimum Gasteiger partial charge on any atom is -0.397 e. The summed E-state index contributed by atoms with van der Waals surface area (Å²) >= 11 is 5.68. The predicted molar refractivity (Wildman–Crippen MR) is 64.9 cm³/mol. The standard InChI is InChI=1S/C11H14ClFN2O2/c12-8-3-11(10(14)4-9(8)13)15-5-7-6-16-1-2-17-7/h3-4,7,15H,1-2,5-6,14H2. The lowest BCUT2D eigenvalue weighted by Gasteiger charge is -2.23. The van der Waals surface area contributed by atoms with Gasteiger partial charge in [0.25, 0.3) is 0 Å². The second-order valence-electron chi connectivity index (χ2n) is 3.80. The van der Waals surface area contributed by atoms with Crippen molar-refractivity contribution >= 4 is 23.0 Å². The first-order valence-electron chi connectivity index (χ1n) is 5.34. The molecule has 0 spiro atoms. The topological polar surface area (TPSA) is 56.5 Å². The Morgan fingerprint density at radius 2 is 2.29 bits per heavy atom. The molecule has 0 bridgehead atoms. The Hall–Kier alpha value is -1.04. The quantitative estimate of drug-likeness (QED) is 0.815. The van der Waals surface area contributed by atoms with Gasteiger partial charge in [-0.15, -0.1) is 0 Å². The second kappa shape index (κ2) is 5.53. The molecule has 2 rings (SSSR count). The Labute approximate surface area is 104 Å². The second-order valence-corrected chi connectivity index (χ2v) is 4.21. The molecule has 1 unspecified atom stereocenters. The molecule has 6 heteroatoms. The molecule has 1 fully saturated rings. The molecule has 94 valence electrons. The lowest BCUT2D eigenvalue weighted by Crippen LogP contribution is -2.34. The van der Waals surface area contributed by atoms with Gasteiger partial charge < -0.3 is 20.5 Å². The zero-order valence-corrected chi connectivity index (χ0v) is 9.97. The maximum absolute atomic E-state index is 13.1. The molecule has 1 aliphatic rings. The number of nitrogens with two attached hydrogens (primary N) is 1. The lowest BCUT2D eigenvalue weighted by atomic mass is 10.2. The fourth-order valence-electron chi connectivity index (χ4n) is 1.59. The zero-order chi connectivity index (χ0) is 12.3. The van der Waals surface area contributed by atoms with E-state index in [2.05, 4.69) is 5.32 Å². The average molecular weight is 261 g/mol. The number of halogens is 2. The molecular formula is C11H14ClFN2O2. The van der Waals surface area contributed by atoms with Gasteiger partial charge in [-0.3, -0.25) is 0 Å². The Morgan fingerprint density at radius 1 is 1.47 bits per heavy atom. The highest BCUT2D eigenvalue weighted by Gasteiger charge is 2.14. The van der Waals surface area contributed by atoms with Gasteiger partial charge in [-0.25, -0.2) is 4.39 Å². The number of nitrogens with one attached hydrogen (secondary N) is 1. The van der Waals surface area contributed by atoms with Crippen LogP contribution in [0.1, 0.15) is 0 Å². The Bertz CT molecular complexity index is 397. The van der Waals surface area contributed by atoms with Gasteiger partial charge >= 0.3 is 0 Å².